The third-order valence-corrected chi connectivity index (χ3v) is 6.14. The second-order valence-electron chi connectivity index (χ2n) is 6.58. The molecule has 0 radical (unpaired) electrons. The average Bonchev–Trinajstić information content (AvgIpc) is 3.42. The molecule has 0 N–H and O–H groups in total. The molecule has 0 fully saturated rings. The Labute approximate surface area is 169 Å². The molecule has 2 aliphatic carbocycles. The summed E-state index contributed by atoms with van der Waals surface area (Å²) in [4.78, 5) is 0. The van der Waals surface area contributed by atoms with E-state index in [1.807, 2.05) is 24.3 Å². The number of hydrogen-bond acceptors (Lipinski definition) is 6. The van der Waals surface area contributed by atoms with Crippen LogP contribution >= 0.6 is 23.5 Å². The number of hydrogen-bond donors (Lipinski definition) is 0. The highest BCUT2D eigenvalue weighted by Crippen LogP contribution is 2.45. The van der Waals surface area contributed by atoms with Crippen molar-refractivity contribution in [3.63, 3.8) is 0 Å². The molecular weight excluding hydrogens is 384 g/mol. The molecule has 0 bridgehead atoms. The van der Waals surface area contributed by atoms with Crippen molar-refractivity contribution >= 4 is 45.5 Å². The summed E-state index contributed by atoms with van der Waals surface area (Å²) < 4.78 is 17.9. The molecule has 132 valence electrons. The molecule has 0 spiro atoms. The molecule has 0 atom stereocenters. The van der Waals surface area contributed by atoms with Gasteiger partial charge in [0, 0.05) is 11.1 Å². The van der Waals surface area contributed by atoms with Crippen LogP contribution in [0.2, 0.25) is 0 Å². The van der Waals surface area contributed by atoms with Crippen LogP contribution in [0.1, 0.15) is 0 Å². The zero-order chi connectivity index (χ0) is 18.5. The molecule has 0 saturated heterocycles. The summed E-state index contributed by atoms with van der Waals surface area (Å²) in [5.74, 6) is 0. The Hall–Kier alpha value is -3.22. The molecule has 0 unspecified atom stereocenters. The van der Waals surface area contributed by atoms with Gasteiger partial charge in [-0.15, -0.1) is 0 Å². The maximum Gasteiger partial charge on any atom is 0.112 e. The van der Waals surface area contributed by atoms with Gasteiger partial charge in [-0.05, 0) is 40.5 Å². The topological polar surface area (TPSA) is 51.6 Å². The molecule has 6 heteroatoms. The van der Waals surface area contributed by atoms with Gasteiger partial charge in [0.1, 0.15) is 22.1 Å². The van der Waals surface area contributed by atoms with Crippen LogP contribution in [0.3, 0.4) is 0 Å². The van der Waals surface area contributed by atoms with Crippen LogP contribution in [0.5, 0.6) is 0 Å². The van der Waals surface area contributed by atoms with Crippen molar-refractivity contribution in [2.75, 3.05) is 0 Å². The van der Waals surface area contributed by atoms with E-state index in [4.69, 9.17) is 0 Å². The van der Waals surface area contributed by atoms with E-state index in [0.29, 0.717) is 0 Å². The molecule has 2 aromatic carbocycles. The summed E-state index contributed by atoms with van der Waals surface area (Å²) in [7, 11) is 0. The Bertz CT molecular complexity index is 1330. The number of fused-ring (bicyclic) bond motifs is 3. The standard InChI is InChI=1S/C22H12N4S2/c1-2-6-13-14(7-3-1)18(16-9-5-11-20-22(16)26-28-24-20)12-17(13)15-8-4-10-19-21(15)25-27-23-19/h1-12H. The van der Waals surface area contributed by atoms with E-state index in [9.17, 15) is 0 Å². The first-order chi connectivity index (χ1) is 13.9. The highest BCUT2D eigenvalue weighted by Gasteiger charge is 2.21. The lowest BCUT2D eigenvalue weighted by atomic mass is 10.00. The predicted molar refractivity (Wildman–Crippen MR) is 116 cm³/mol. The van der Waals surface area contributed by atoms with Gasteiger partial charge in [0.2, 0.25) is 0 Å². The fourth-order valence-corrected chi connectivity index (χ4v) is 4.91. The minimum absolute atomic E-state index is 0.935. The van der Waals surface area contributed by atoms with E-state index in [-0.39, 0.29) is 0 Å². The van der Waals surface area contributed by atoms with Crippen LogP contribution in [0, 0.1) is 0 Å². The van der Waals surface area contributed by atoms with Crippen molar-refractivity contribution < 1.29 is 0 Å². The average molecular weight is 397 g/mol. The highest BCUT2D eigenvalue weighted by molar-refractivity contribution is 7.00. The summed E-state index contributed by atoms with van der Waals surface area (Å²) in [6.07, 6.45) is 0. The molecule has 4 aromatic rings. The SMILES string of the molecule is c1ccc2c(-c3cccc4nsnc34)cc(-c3cccc4nsnc34)c-2cc1. The van der Waals surface area contributed by atoms with Gasteiger partial charge >= 0.3 is 0 Å². The van der Waals surface area contributed by atoms with E-state index >= 15 is 0 Å². The van der Waals surface area contributed by atoms with Crippen molar-refractivity contribution in [3.8, 4) is 33.4 Å². The lowest BCUT2D eigenvalue weighted by Crippen LogP contribution is -1.80. The van der Waals surface area contributed by atoms with Gasteiger partial charge in [-0.25, -0.2) is 0 Å². The molecule has 2 aromatic heterocycles. The van der Waals surface area contributed by atoms with Gasteiger partial charge in [-0.3, -0.25) is 0 Å². The minimum atomic E-state index is 0.935. The van der Waals surface area contributed by atoms with Gasteiger partial charge in [0.25, 0.3) is 0 Å². The Morgan fingerprint density at radius 2 is 0.929 bits per heavy atom. The van der Waals surface area contributed by atoms with E-state index in [0.717, 1.165) is 33.2 Å². The van der Waals surface area contributed by atoms with Crippen LogP contribution in [0.25, 0.3) is 55.4 Å². The summed E-state index contributed by atoms with van der Waals surface area (Å²) in [5.41, 5.74) is 10.7. The maximum absolute atomic E-state index is 4.55. The second-order valence-corrected chi connectivity index (χ2v) is 7.64. The zero-order valence-corrected chi connectivity index (χ0v) is 16.2. The molecule has 28 heavy (non-hydrogen) atoms. The first-order valence-electron chi connectivity index (χ1n) is 8.85. The highest BCUT2D eigenvalue weighted by atomic mass is 32.1. The predicted octanol–water partition coefficient (Wildman–Crippen LogP) is 6.13. The van der Waals surface area contributed by atoms with E-state index in [1.165, 1.54) is 45.7 Å². The third kappa shape index (κ3) is 2.28. The Morgan fingerprint density at radius 1 is 0.429 bits per heavy atom. The van der Waals surface area contributed by atoms with E-state index in [2.05, 4.69) is 66.0 Å². The van der Waals surface area contributed by atoms with Crippen LogP contribution in [-0.2, 0) is 0 Å². The summed E-state index contributed by atoms with van der Waals surface area (Å²) >= 11 is 2.51. The number of nitrogens with zero attached hydrogens (tertiary/aromatic N) is 4. The largest absolute Gasteiger partial charge is 0.173 e. The molecule has 2 aliphatic rings. The quantitative estimate of drug-likeness (QED) is 0.353. The van der Waals surface area contributed by atoms with Gasteiger partial charge < -0.3 is 0 Å². The third-order valence-electron chi connectivity index (χ3n) is 5.06. The van der Waals surface area contributed by atoms with Crippen molar-refractivity contribution in [2.24, 2.45) is 0 Å². The molecule has 0 saturated carbocycles. The van der Waals surface area contributed by atoms with E-state index < -0.39 is 0 Å². The Morgan fingerprint density at radius 3 is 1.46 bits per heavy atom. The lowest BCUT2D eigenvalue weighted by molar-refractivity contribution is 1.62. The summed E-state index contributed by atoms with van der Waals surface area (Å²) in [5, 5.41) is 0. The van der Waals surface area contributed by atoms with Gasteiger partial charge in [-0.1, -0.05) is 54.6 Å². The lowest BCUT2D eigenvalue weighted by Gasteiger charge is -2.04. The van der Waals surface area contributed by atoms with Crippen LogP contribution in [0.15, 0.2) is 72.8 Å². The van der Waals surface area contributed by atoms with Crippen LogP contribution in [0.4, 0.5) is 0 Å². The van der Waals surface area contributed by atoms with Crippen LogP contribution in [-0.4, -0.2) is 17.5 Å². The fraction of sp³-hybridized carbons (Fsp3) is 0. The van der Waals surface area contributed by atoms with Crippen molar-refractivity contribution in [1.29, 1.82) is 0 Å². The number of rotatable bonds is 2. The van der Waals surface area contributed by atoms with Gasteiger partial charge in [0.15, 0.2) is 0 Å². The number of aromatic nitrogens is 4. The molecule has 0 aliphatic heterocycles. The minimum Gasteiger partial charge on any atom is -0.173 e. The number of benzene rings is 2. The van der Waals surface area contributed by atoms with Gasteiger partial charge in [-0.2, -0.15) is 17.5 Å². The maximum atomic E-state index is 4.55. The van der Waals surface area contributed by atoms with Crippen molar-refractivity contribution in [2.45, 2.75) is 0 Å². The smallest absolute Gasteiger partial charge is 0.112 e. The first kappa shape index (κ1) is 15.8. The van der Waals surface area contributed by atoms with Gasteiger partial charge in [0.05, 0.1) is 23.5 Å². The first-order valence-corrected chi connectivity index (χ1v) is 10.3. The molecule has 4 nitrogen and oxygen atoms in total. The molecule has 2 heterocycles. The normalized spacial score (nSPS) is 11.6. The van der Waals surface area contributed by atoms with Crippen molar-refractivity contribution in [3.05, 3.63) is 72.8 Å². The molecular formula is C22H12N4S2. The molecule has 6 rings (SSSR count). The second kappa shape index (κ2) is 6.15. The monoisotopic (exact) mass is 396 g/mol. The molecule has 0 amide bonds. The summed E-state index contributed by atoms with van der Waals surface area (Å²) in [6, 6.07) is 25.2. The van der Waals surface area contributed by atoms with Crippen molar-refractivity contribution in [1.82, 2.24) is 17.5 Å². The Kier molecular flexibility index (Phi) is 3.47. The Balaban J connectivity index is 1.71. The summed E-state index contributed by atoms with van der Waals surface area (Å²) in [6.45, 7) is 0. The zero-order valence-electron chi connectivity index (χ0n) is 14.5. The fourth-order valence-electron chi connectivity index (χ4n) is 3.81. The van der Waals surface area contributed by atoms with E-state index in [1.54, 1.807) is 0 Å². The van der Waals surface area contributed by atoms with Crippen LogP contribution < -0.4 is 0 Å².